The fourth-order valence-electron chi connectivity index (χ4n) is 3.86. The molecule has 0 bridgehead atoms. The van der Waals surface area contributed by atoms with E-state index in [2.05, 4.69) is 30.2 Å². The molecule has 8 heteroatoms. The van der Waals surface area contributed by atoms with Crippen LogP contribution in [0, 0.1) is 13.8 Å². The lowest BCUT2D eigenvalue weighted by atomic mass is 9.87. The molecule has 1 aromatic carbocycles. The maximum absolute atomic E-state index is 13.8. The van der Waals surface area contributed by atoms with Crippen molar-refractivity contribution in [2.24, 2.45) is 0 Å². The quantitative estimate of drug-likeness (QED) is 0.333. The van der Waals surface area contributed by atoms with Crippen LogP contribution in [0.3, 0.4) is 0 Å². The minimum atomic E-state index is -0.906. The Kier molecular flexibility index (Phi) is 10.3. The maximum Gasteiger partial charge on any atom is 0.408 e. The highest BCUT2D eigenvalue weighted by molar-refractivity contribution is 7.80. The highest BCUT2D eigenvalue weighted by Gasteiger charge is 2.41. The first-order valence-corrected chi connectivity index (χ1v) is 12.9. The summed E-state index contributed by atoms with van der Waals surface area (Å²) in [7, 11) is 0. The number of amides is 3. The number of nitrogens with zero attached hydrogens (tertiary/aromatic N) is 1. The summed E-state index contributed by atoms with van der Waals surface area (Å²) in [5.74, 6) is -0.426. The number of nitrogens with one attached hydrogen (secondary N) is 2. The van der Waals surface area contributed by atoms with Crippen LogP contribution in [0.2, 0.25) is 0 Å². The molecule has 1 aliphatic carbocycles. The van der Waals surface area contributed by atoms with Gasteiger partial charge in [0.1, 0.15) is 17.7 Å². The van der Waals surface area contributed by atoms with E-state index in [0.29, 0.717) is 6.54 Å². The molecule has 0 spiro atoms. The lowest BCUT2D eigenvalue weighted by molar-refractivity contribution is -0.147. The Morgan fingerprint density at radius 2 is 1.85 bits per heavy atom. The van der Waals surface area contributed by atoms with Crippen LogP contribution in [0.25, 0.3) is 0 Å². The first-order chi connectivity index (χ1) is 16.0. The molecule has 2 unspecified atom stereocenters. The van der Waals surface area contributed by atoms with Gasteiger partial charge in [-0.25, -0.2) is 4.79 Å². The Labute approximate surface area is 209 Å². The molecule has 2 rings (SSSR count). The Morgan fingerprint density at radius 1 is 1.18 bits per heavy atom. The third-order valence-corrected chi connectivity index (χ3v) is 6.46. The first kappa shape index (κ1) is 28.0. The Bertz CT molecular complexity index is 864. The number of aryl methyl sites for hydroxylation is 2. The summed E-state index contributed by atoms with van der Waals surface area (Å²) in [6, 6.07) is 4.12. The summed E-state index contributed by atoms with van der Waals surface area (Å²) in [4.78, 5) is 41.4. The smallest absolute Gasteiger partial charge is 0.408 e. The molecule has 1 aliphatic rings. The van der Waals surface area contributed by atoms with Crippen molar-refractivity contribution in [1.82, 2.24) is 15.5 Å². The fourth-order valence-corrected chi connectivity index (χ4v) is 4.10. The zero-order valence-electron chi connectivity index (χ0n) is 21.4. The number of alkyl carbamates (subject to hydrolysis) is 1. The Balaban J connectivity index is 2.41. The van der Waals surface area contributed by atoms with Gasteiger partial charge < -0.3 is 20.3 Å². The SMILES string of the molecule is CCCCNC(=O)C(c1ccc(C)c(C)c1)N(C(=O)C(CS)NC(=O)OC(C)(C)C)C1CCC1. The van der Waals surface area contributed by atoms with E-state index in [4.69, 9.17) is 4.74 Å². The van der Waals surface area contributed by atoms with E-state index in [1.165, 1.54) is 0 Å². The van der Waals surface area contributed by atoms with Gasteiger partial charge in [-0.3, -0.25) is 9.59 Å². The normalized spacial score (nSPS) is 15.6. The van der Waals surface area contributed by atoms with Crippen molar-refractivity contribution in [3.63, 3.8) is 0 Å². The van der Waals surface area contributed by atoms with E-state index in [-0.39, 0.29) is 23.6 Å². The van der Waals surface area contributed by atoms with E-state index in [9.17, 15) is 14.4 Å². The van der Waals surface area contributed by atoms with Crippen molar-refractivity contribution < 1.29 is 19.1 Å². The van der Waals surface area contributed by atoms with Crippen molar-refractivity contribution >= 4 is 30.5 Å². The van der Waals surface area contributed by atoms with Crippen molar-refractivity contribution in [1.29, 1.82) is 0 Å². The molecule has 2 N–H and O–H groups in total. The van der Waals surface area contributed by atoms with Gasteiger partial charge in [-0.2, -0.15) is 12.6 Å². The number of carbonyl (C=O) groups excluding carboxylic acids is 3. The highest BCUT2D eigenvalue weighted by Crippen LogP contribution is 2.34. The molecule has 1 aromatic rings. The molecule has 2 atom stereocenters. The molecule has 3 amide bonds. The zero-order chi connectivity index (χ0) is 25.5. The van der Waals surface area contributed by atoms with E-state index >= 15 is 0 Å². The van der Waals surface area contributed by atoms with E-state index in [0.717, 1.165) is 48.8 Å². The van der Waals surface area contributed by atoms with Crippen LogP contribution >= 0.6 is 12.6 Å². The van der Waals surface area contributed by atoms with Gasteiger partial charge in [0.15, 0.2) is 0 Å². The summed E-state index contributed by atoms with van der Waals surface area (Å²) < 4.78 is 5.35. The highest BCUT2D eigenvalue weighted by atomic mass is 32.1. The number of unbranched alkanes of at least 4 members (excludes halogenated alkanes) is 1. The molecular formula is C26H41N3O4S. The van der Waals surface area contributed by atoms with Crippen LogP contribution in [0.4, 0.5) is 4.79 Å². The predicted octanol–water partition coefficient (Wildman–Crippen LogP) is 4.47. The number of carbonyl (C=O) groups is 3. The summed E-state index contributed by atoms with van der Waals surface area (Å²) in [5, 5.41) is 5.68. The first-order valence-electron chi connectivity index (χ1n) is 12.3. The second-order valence-electron chi connectivity index (χ2n) is 10.1. The second kappa shape index (κ2) is 12.5. The van der Waals surface area contributed by atoms with Crippen LogP contribution < -0.4 is 10.6 Å². The topological polar surface area (TPSA) is 87.7 Å². The monoisotopic (exact) mass is 491 g/mol. The van der Waals surface area contributed by atoms with Gasteiger partial charge in [0, 0.05) is 18.3 Å². The summed E-state index contributed by atoms with van der Waals surface area (Å²) in [5.41, 5.74) is 2.26. The summed E-state index contributed by atoms with van der Waals surface area (Å²) >= 11 is 4.34. The van der Waals surface area contributed by atoms with Gasteiger partial charge in [0.05, 0.1) is 0 Å². The predicted molar refractivity (Wildman–Crippen MR) is 138 cm³/mol. The largest absolute Gasteiger partial charge is 0.444 e. The van der Waals surface area contributed by atoms with E-state index in [1.807, 2.05) is 32.0 Å². The standard InChI is InChI=1S/C26H41N3O4S/c1-7-8-14-27-23(30)22(19-13-12-17(2)18(3)15-19)29(20-10-9-11-20)24(31)21(16-34)28-25(32)33-26(4,5)6/h12-13,15,20-22,34H,7-11,14,16H2,1-6H3,(H,27,30)(H,28,32). The molecule has 0 radical (unpaired) electrons. The van der Waals surface area contributed by atoms with Crippen molar-refractivity contribution in [3.05, 3.63) is 34.9 Å². The van der Waals surface area contributed by atoms with Gasteiger partial charge in [-0.1, -0.05) is 31.5 Å². The number of rotatable bonds is 10. The van der Waals surface area contributed by atoms with E-state index < -0.39 is 23.8 Å². The lowest BCUT2D eigenvalue weighted by Gasteiger charge is -2.43. The number of hydrogen-bond acceptors (Lipinski definition) is 5. The molecule has 190 valence electrons. The number of thiol groups is 1. The third kappa shape index (κ3) is 7.65. The van der Waals surface area contributed by atoms with Crippen LogP contribution in [-0.4, -0.2) is 52.8 Å². The molecule has 0 heterocycles. The summed E-state index contributed by atoms with van der Waals surface area (Å²) in [6.45, 7) is 11.9. The Morgan fingerprint density at radius 3 is 2.35 bits per heavy atom. The zero-order valence-corrected chi connectivity index (χ0v) is 22.3. The number of benzene rings is 1. The average Bonchev–Trinajstić information content (AvgIpc) is 2.71. The average molecular weight is 492 g/mol. The van der Waals surface area contributed by atoms with Crippen LogP contribution in [0.15, 0.2) is 18.2 Å². The van der Waals surface area contributed by atoms with Crippen LogP contribution in [0.5, 0.6) is 0 Å². The Hall–Kier alpha value is -2.22. The minimum absolute atomic E-state index is 0.0705. The van der Waals surface area contributed by atoms with Crippen LogP contribution in [-0.2, 0) is 14.3 Å². The second-order valence-corrected chi connectivity index (χ2v) is 10.5. The minimum Gasteiger partial charge on any atom is -0.444 e. The van der Waals surface area contributed by atoms with Crippen molar-refractivity contribution in [2.75, 3.05) is 12.3 Å². The maximum atomic E-state index is 13.8. The molecule has 34 heavy (non-hydrogen) atoms. The van der Waals surface area contributed by atoms with Gasteiger partial charge in [0.2, 0.25) is 11.8 Å². The van der Waals surface area contributed by atoms with Gasteiger partial charge in [0.25, 0.3) is 0 Å². The van der Waals surface area contributed by atoms with Crippen LogP contribution in [0.1, 0.15) is 82.5 Å². The third-order valence-electron chi connectivity index (χ3n) is 6.10. The molecule has 1 fully saturated rings. The fraction of sp³-hybridized carbons (Fsp3) is 0.654. The molecule has 0 saturated heterocycles. The summed E-state index contributed by atoms with van der Waals surface area (Å²) in [6.07, 6.45) is 3.78. The number of ether oxygens (including phenoxy) is 1. The molecule has 0 aliphatic heterocycles. The van der Waals surface area contributed by atoms with E-state index in [1.54, 1.807) is 25.7 Å². The molecule has 1 saturated carbocycles. The molecule has 7 nitrogen and oxygen atoms in total. The lowest BCUT2D eigenvalue weighted by Crippen LogP contribution is -2.58. The van der Waals surface area contributed by atoms with Crippen molar-refractivity contribution in [3.8, 4) is 0 Å². The van der Waals surface area contributed by atoms with Gasteiger partial charge >= 0.3 is 6.09 Å². The van der Waals surface area contributed by atoms with Gasteiger partial charge in [-0.15, -0.1) is 0 Å². The van der Waals surface area contributed by atoms with Crippen molar-refractivity contribution in [2.45, 2.75) is 97.4 Å². The molecular weight excluding hydrogens is 450 g/mol. The number of hydrogen-bond donors (Lipinski definition) is 3. The van der Waals surface area contributed by atoms with Gasteiger partial charge in [-0.05, 0) is 77.0 Å². The molecule has 0 aromatic heterocycles.